The monoisotopic (exact) mass is 361 g/mol. The topological polar surface area (TPSA) is 64.6 Å². The maximum atomic E-state index is 12.6. The highest BCUT2D eigenvalue weighted by atomic mass is 16.5. The number of ether oxygens (including phenoxy) is 2. The lowest BCUT2D eigenvalue weighted by molar-refractivity contribution is -0.154. The third-order valence-corrected chi connectivity index (χ3v) is 5.44. The van der Waals surface area contributed by atoms with E-state index in [2.05, 4.69) is 37.4 Å². The number of nitrogens with one attached hydrogen (secondary N) is 1. The van der Waals surface area contributed by atoms with Crippen molar-refractivity contribution >= 4 is 11.9 Å². The Hall–Kier alpha value is -1.88. The molecule has 1 amide bonds. The summed E-state index contributed by atoms with van der Waals surface area (Å²) in [6.07, 6.45) is 4.71. The number of aryl methyl sites for hydroxylation is 3. The van der Waals surface area contributed by atoms with Crippen molar-refractivity contribution in [2.24, 2.45) is 0 Å². The van der Waals surface area contributed by atoms with Crippen LogP contribution in [-0.2, 0) is 31.9 Å². The number of carbonyl (C=O) groups is 2. The van der Waals surface area contributed by atoms with Gasteiger partial charge < -0.3 is 14.8 Å². The molecule has 0 saturated heterocycles. The molecule has 5 nitrogen and oxygen atoms in total. The Labute approximate surface area is 156 Å². The fraction of sp³-hybridized carbons (Fsp3) is 0.619. The van der Waals surface area contributed by atoms with E-state index in [4.69, 9.17) is 9.47 Å². The summed E-state index contributed by atoms with van der Waals surface area (Å²) in [5, 5.41) is 2.98. The van der Waals surface area contributed by atoms with Crippen molar-refractivity contribution in [2.75, 3.05) is 14.2 Å². The van der Waals surface area contributed by atoms with Crippen LogP contribution < -0.4 is 5.32 Å². The first-order chi connectivity index (χ1) is 12.4. The minimum absolute atomic E-state index is 0.103. The molecule has 1 fully saturated rings. The van der Waals surface area contributed by atoms with Gasteiger partial charge in [0.2, 0.25) is 5.91 Å². The molecule has 1 aromatic carbocycles. The summed E-state index contributed by atoms with van der Waals surface area (Å²) in [6, 6.07) is 6.35. The van der Waals surface area contributed by atoms with Gasteiger partial charge in [0.25, 0.3) is 0 Å². The van der Waals surface area contributed by atoms with Crippen molar-refractivity contribution in [1.29, 1.82) is 0 Å². The molecule has 1 aliphatic carbocycles. The first-order valence-electron chi connectivity index (χ1n) is 9.44. The maximum Gasteiger partial charge on any atom is 0.331 e. The summed E-state index contributed by atoms with van der Waals surface area (Å²) in [5.41, 5.74) is 2.79. The minimum atomic E-state index is -0.915. The van der Waals surface area contributed by atoms with Gasteiger partial charge in [-0.25, -0.2) is 4.79 Å². The van der Waals surface area contributed by atoms with Gasteiger partial charge in [0.05, 0.1) is 13.2 Å². The lowest BCUT2D eigenvalue weighted by Crippen LogP contribution is -2.57. The van der Waals surface area contributed by atoms with Crippen molar-refractivity contribution in [3.63, 3.8) is 0 Å². The molecule has 0 radical (unpaired) electrons. The van der Waals surface area contributed by atoms with E-state index < -0.39 is 5.54 Å². The van der Waals surface area contributed by atoms with Crippen molar-refractivity contribution in [3.8, 4) is 0 Å². The van der Waals surface area contributed by atoms with E-state index in [0.29, 0.717) is 25.7 Å². The van der Waals surface area contributed by atoms with E-state index in [1.165, 1.54) is 23.8 Å². The van der Waals surface area contributed by atoms with E-state index in [0.717, 1.165) is 19.3 Å². The highest BCUT2D eigenvalue weighted by Crippen LogP contribution is 2.31. The zero-order valence-electron chi connectivity index (χ0n) is 16.4. The van der Waals surface area contributed by atoms with Gasteiger partial charge in [-0.15, -0.1) is 0 Å². The molecular formula is C21H31NO4. The number of amides is 1. The summed E-state index contributed by atoms with van der Waals surface area (Å²) < 4.78 is 10.4. The van der Waals surface area contributed by atoms with E-state index in [9.17, 15) is 9.59 Å². The average molecular weight is 361 g/mol. The lowest BCUT2D eigenvalue weighted by Gasteiger charge is -2.37. The maximum absolute atomic E-state index is 12.6. The zero-order chi connectivity index (χ0) is 19.2. The van der Waals surface area contributed by atoms with Gasteiger partial charge in [0.15, 0.2) is 0 Å². The summed E-state index contributed by atoms with van der Waals surface area (Å²) in [6.45, 7) is 4.20. The number of benzene rings is 1. The fourth-order valence-corrected chi connectivity index (χ4v) is 3.80. The first-order valence-corrected chi connectivity index (χ1v) is 9.44. The van der Waals surface area contributed by atoms with Crippen LogP contribution in [0.4, 0.5) is 0 Å². The number of carbonyl (C=O) groups excluding carboxylic acids is 2. The Balaban J connectivity index is 2.01. The van der Waals surface area contributed by atoms with Crippen LogP contribution in [0, 0.1) is 6.92 Å². The highest BCUT2D eigenvalue weighted by molar-refractivity contribution is 5.88. The Kier molecular flexibility index (Phi) is 7.21. The van der Waals surface area contributed by atoms with Gasteiger partial charge in [-0.05, 0) is 56.6 Å². The van der Waals surface area contributed by atoms with E-state index >= 15 is 0 Å². The van der Waals surface area contributed by atoms with E-state index in [-0.39, 0.29) is 18.0 Å². The molecule has 0 aromatic heterocycles. The molecule has 1 aromatic rings. The molecule has 26 heavy (non-hydrogen) atoms. The minimum Gasteiger partial charge on any atom is -0.467 e. The summed E-state index contributed by atoms with van der Waals surface area (Å²) in [4.78, 5) is 24.9. The molecule has 1 aliphatic rings. The molecule has 5 heteroatoms. The van der Waals surface area contributed by atoms with E-state index in [1.54, 1.807) is 7.11 Å². The molecule has 0 heterocycles. The molecule has 2 rings (SSSR count). The fourth-order valence-electron chi connectivity index (χ4n) is 3.80. The van der Waals surface area contributed by atoms with Crippen LogP contribution >= 0.6 is 0 Å². The number of esters is 1. The van der Waals surface area contributed by atoms with E-state index in [1.807, 2.05) is 0 Å². The normalized spacial score (nSPS) is 22.7. The van der Waals surface area contributed by atoms with Crippen molar-refractivity contribution < 1.29 is 19.1 Å². The summed E-state index contributed by atoms with van der Waals surface area (Å²) >= 11 is 0. The number of methoxy groups -OCH3 is 2. The molecule has 0 aliphatic heterocycles. The van der Waals surface area contributed by atoms with Crippen LogP contribution in [0.3, 0.4) is 0 Å². The molecule has 0 bridgehead atoms. The van der Waals surface area contributed by atoms with Gasteiger partial charge in [0, 0.05) is 13.5 Å². The first kappa shape index (κ1) is 20.4. The third-order valence-electron chi connectivity index (χ3n) is 5.44. The average Bonchev–Trinajstić information content (AvgIpc) is 2.66. The predicted molar refractivity (Wildman–Crippen MR) is 101 cm³/mol. The molecule has 0 spiro atoms. The number of rotatable bonds is 7. The van der Waals surface area contributed by atoms with Crippen molar-refractivity contribution in [3.05, 3.63) is 34.9 Å². The Bertz CT molecular complexity index is 633. The second-order valence-corrected chi connectivity index (χ2v) is 7.18. The standard InChI is InChI=1S/C21H31NO4/c1-5-16-14-15(2)6-7-17(16)8-9-19(23)22-21(20(24)26-4)12-10-18(25-3)11-13-21/h6-7,14,18H,5,8-13H2,1-4H3,(H,22,23). The Morgan fingerprint density at radius 2 is 1.88 bits per heavy atom. The Morgan fingerprint density at radius 1 is 1.19 bits per heavy atom. The molecule has 144 valence electrons. The number of hydrogen-bond donors (Lipinski definition) is 1. The van der Waals surface area contributed by atoms with Crippen molar-refractivity contribution in [1.82, 2.24) is 5.32 Å². The van der Waals surface area contributed by atoms with Gasteiger partial charge in [-0.1, -0.05) is 30.7 Å². The van der Waals surface area contributed by atoms with Crippen LogP contribution in [0.15, 0.2) is 18.2 Å². The van der Waals surface area contributed by atoms with Gasteiger partial charge in [-0.2, -0.15) is 0 Å². The van der Waals surface area contributed by atoms with Crippen LogP contribution in [0.25, 0.3) is 0 Å². The molecule has 0 unspecified atom stereocenters. The largest absolute Gasteiger partial charge is 0.467 e. The summed E-state index contributed by atoms with van der Waals surface area (Å²) in [5.74, 6) is -0.459. The second-order valence-electron chi connectivity index (χ2n) is 7.18. The smallest absolute Gasteiger partial charge is 0.331 e. The summed E-state index contributed by atoms with van der Waals surface area (Å²) in [7, 11) is 3.06. The molecule has 0 atom stereocenters. The molecule has 1 N–H and O–H groups in total. The van der Waals surface area contributed by atoms with Crippen molar-refractivity contribution in [2.45, 2.75) is 70.4 Å². The van der Waals surface area contributed by atoms with Crippen LogP contribution in [0.5, 0.6) is 0 Å². The SMILES string of the molecule is CCc1cc(C)ccc1CCC(=O)NC1(C(=O)OC)CCC(OC)CC1. The van der Waals surface area contributed by atoms with Crippen LogP contribution in [-0.4, -0.2) is 37.7 Å². The molecule has 1 saturated carbocycles. The quantitative estimate of drug-likeness (QED) is 0.758. The van der Waals surface area contributed by atoms with Crippen LogP contribution in [0.1, 0.15) is 55.7 Å². The van der Waals surface area contributed by atoms with Gasteiger partial charge in [0.1, 0.15) is 5.54 Å². The van der Waals surface area contributed by atoms with Gasteiger partial charge in [-0.3, -0.25) is 4.79 Å². The third kappa shape index (κ3) is 4.85. The highest BCUT2D eigenvalue weighted by Gasteiger charge is 2.44. The second kappa shape index (κ2) is 9.17. The predicted octanol–water partition coefficient (Wildman–Crippen LogP) is 3.11. The number of hydrogen-bond acceptors (Lipinski definition) is 4. The Morgan fingerprint density at radius 3 is 2.46 bits per heavy atom. The van der Waals surface area contributed by atoms with Gasteiger partial charge >= 0.3 is 5.97 Å². The van der Waals surface area contributed by atoms with Crippen LogP contribution in [0.2, 0.25) is 0 Å². The lowest BCUT2D eigenvalue weighted by atomic mass is 9.80. The molecular weight excluding hydrogens is 330 g/mol. The zero-order valence-corrected chi connectivity index (χ0v) is 16.4.